The molecule has 0 atom stereocenters. The van der Waals surface area contributed by atoms with E-state index in [1.165, 1.54) is 12.8 Å². The van der Waals surface area contributed by atoms with Crippen LogP contribution in [0.3, 0.4) is 0 Å². The van der Waals surface area contributed by atoms with Gasteiger partial charge in [0.2, 0.25) is 5.95 Å². The van der Waals surface area contributed by atoms with Crippen LogP contribution in [0.1, 0.15) is 50.7 Å². The number of hydrogen-bond acceptors (Lipinski definition) is 7. The van der Waals surface area contributed by atoms with Crippen LogP contribution in [-0.2, 0) is 5.41 Å². The van der Waals surface area contributed by atoms with Gasteiger partial charge < -0.3 is 20.3 Å². The van der Waals surface area contributed by atoms with Gasteiger partial charge in [-0.2, -0.15) is 5.26 Å². The fourth-order valence-corrected chi connectivity index (χ4v) is 5.56. The van der Waals surface area contributed by atoms with Crippen LogP contribution in [0.4, 0.5) is 17.3 Å². The number of rotatable bonds is 6. The highest BCUT2D eigenvalue weighted by atomic mass is 35.5. The number of nitrogens with zero attached hydrogens (tertiary/aromatic N) is 4. The number of likely N-dealkylation sites (tertiary alicyclic amines) is 1. The normalized spacial score (nSPS) is 19.1. The first-order valence-corrected chi connectivity index (χ1v) is 13.4. The molecule has 1 saturated heterocycles. The zero-order valence-electron chi connectivity index (χ0n) is 21.2. The van der Waals surface area contributed by atoms with Crippen LogP contribution in [0.25, 0.3) is 11.3 Å². The Hall–Kier alpha value is -3.34. The third-order valence-electron chi connectivity index (χ3n) is 7.67. The van der Waals surface area contributed by atoms with Crippen LogP contribution in [0.15, 0.2) is 42.6 Å². The first-order valence-electron chi connectivity index (χ1n) is 13.0. The second-order valence-corrected chi connectivity index (χ2v) is 11.3. The van der Waals surface area contributed by atoms with E-state index in [9.17, 15) is 5.26 Å². The SMILES string of the molecule is CC1(C)CNc2c(C#N)cc(-c3ccnc(Nc4cc(Cl)ccc4OC4CCN(C5CC5)CC4)n3)cc21. The summed E-state index contributed by atoms with van der Waals surface area (Å²) in [6, 6.07) is 14.6. The van der Waals surface area contributed by atoms with Crippen molar-refractivity contribution < 1.29 is 4.74 Å². The van der Waals surface area contributed by atoms with Gasteiger partial charge in [-0.25, -0.2) is 9.97 Å². The molecule has 0 unspecified atom stereocenters. The molecule has 0 spiro atoms. The summed E-state index contributed by atoms with van der Waals surface area (Å²) in [5.41, 5.74) is 5.00. The van der Waals surface area contributed by atoms with Crippen molar-refractivity contribution in [1.29, 1.82) is 5.26 Å². The minimum atomic E-state index is -0.0626. The van der Waals surface area contributed by atoms with Crippen molar-refractivity contribution in [3.8, 4) is 23.1 Å². The van der Waals surface area contributed by atoms with Gasteiger partial charge in [-0.05, 0) is 67.6 Å². The molecule has 6 rings (SSSR count). The van der Waals surface area contributed by atoms with E-state index in [1.54, 1.807) is 6.20 Å². The maximum atomic E-state index is 9.76. The fourth-order valence-electron chi connectivity index (χ4n) is 5.39. The molecule has 7 nitrogen and oxygen atoms in total. The molecule has 2 N–H and O–H groups in total. The first kappa shape index (κ1) is 24.0. The minimum absolute atomic E-state index is 0.0626. The van der Waals surface area contributed by atoms with Gasteiger partial charge in [0, 0.05) is 47.9 Å². The average molecular weight is 515 g/mol. The molecule has 0 radical (unpaired) electrons. The van der Waals surface area contributed by atoms with Crippen LogP contribution in [-0.4, -0.2) is 46.6 Å². The number of nitrogens with one attached hydrogen (secondary N) is 2. The largest absolute Gasteiger partial charge is 0.488 e. The number of anilines is 3. The first-order chi connectivity index (χ1) is 17.9. The third kappa shape index (κ3) is 4.96. The molecule has 2 aromatic carbocycles. The topological polar surface area (TPSA) is 86.1 Å². The van der Waals surface area contributed by atoms with E-state index in [0.717, 1.165) is 72.5 Å². The second-order valence-electron chi connectivity index (χ2n) is 10.9. The molecule has 37 heavy (non-hydrogen) atoms. The molecule has 8 heteroatoms. The van der Waals surface area contributed by atoms with Crippen LogP contribution in [0.5, 0.6) is 5.75 Å². The summed E-state index contributed by atoms with van der Waals surface area (Å²) in [5, 5.41) is 17.1. The maximum absolute atomic E-state index is 9.76. The summed E-state index contributed by atoms with van der Waals surface area (Å²) in [4.78, 5) is 11.8. The predicted octanol–water partition coefficient (Wildman–Crippen LogP) is 6.12. The monoisotopic (exact) mass is 514 g/mol. The Morgan fingerprint density at radius 1 is 1.14 bits per heavy atom. The van der Waals surface area contributed by atoms with Gasteiger partial charge in [0.25, 0.3) is 0 Å². The Balaban J connectivity index is 1.24. The van der Waals surface area contributed by atoms with Crippen LogP contribution < -0.4 is 15.4 Å². The van der Waals surface area contributed by atoms with E-state index in [4.69, 9.17) is 21.3 Å². The number of benzene rings is 2. The Morgan fingerprint density at radius 3 is 2.70 bits per heavy atom. The number of fused-ring (bicyclic) bond motifs is 1. The van der Waals surface area contributed by atoms with Crippen molar-refractivity contribution in [1.82, 2.24) is 14.9 Å². The lowest BCUT2D eigenvalue weighted by Crippen LogP contribution is -2.39. The molecule has 3 aliphatic rings. The minimum Gasteiger partial charge on any atom is -0.488 e. The van der Waals surface area contributed by atoms with Gasteiger partial charge in [0.05, 0.1) is 22.6 Å². The van der Waals surface area contributed by atoms with E-state index in [-0.39, 0.29) is 11.5 Å². The smallest absolute Gasteiger partial charge is 0.227 e. The molecule has 3 aromatic rings. The molecule has 2 aliphatic heterocycles. The van der Waals surface area contributed by atoms with Gasteiger partial charge in [0.15, 0.2) is 0 Å². The molecule has 190 valence electrons. The standard InChI is InChI=1S/C29H31ClN6O/c1-29(2)17-33-27-19(16-31)13-18(14-23(27)29)24-7-10-32-28(34-24)35-25-15-20(30)3-6-26(25)37-22-8-11-36(12-9-22)21-4-5-21/h3,6-7,10,13-15,21-22,33H,4-5,8-9,11-12,17H2,1-2H3,(H,32,34,35). The van der Waals surface area contributed by atoms with Gasteiger partial charge >= 0.3 is 0 Å². The average Bonchev–Trinajstić information content (AvgIpc) is 3.70. The van der Waals surface area contributed by atoms with Crippen molar-refractivity contribution in [2.75, 3.05) is 30.3 Å². The Kier molecular flexibility index (Phi) is 6.18. The van der Waals surface area contributed by atoms with E-state index < -0.39 is 0 Å². The third-order valence-corrected chi connectivity index (χ3v) is 7.90. The fraction of sp³-hybridized carbons (Fsp3) is 0.414. The van der Waals surface area contributed by atoms with Gasteiger partial charge in [-0.1, -0.05) is 25.4 Å². The molecular weight excluding hydrogens is 484 g/mol. The highest BCUT2D eigenvalue weighted by Crippen LogP contribution is 2.41. The second kappa shape index (κ2) is 9.51. The van der Waals surface area contributed by atoms with Crippen molar-refractivity contribution in [3.63, 3.8) is 0 Å². The lowest BCUT2D eigenvalue weighted by atomic mass is 9.85. The van der Waals surface area contributed by atoms with E-state index in [1.807, 2.05) is 30.3 Å². The summed E-state index contributed by atoms with van der Waals surface area (Å²) in [6.45, 7) is 7.35. The predicted molar refractivity (Wildman–Crippen MR) is 147 cm³/mol. The zero-order chi connectivity index (χ0) is 25.6. The lowest BCUT2D eigenvalue weighted by Gasteiger charge is -2.32. The number of aromatic nitrogens is 2. The summed E-state index contributed by atoms with van der Waals surface area (Å²) < 4.78 is 6.43. The molecule has 2 fully saturated rings. The van der Waals surface area contributed by atoms with Crippen molar-refractivity contribution in [3.05, 3.63) is 58.7 Å². The van der Waals surface area contributed by atoms with E-state index >= 15 is 0 Å². The van der Waals surface area contributed by atoms with E-state index in [0.29, 0.717) is 16.5 Å². The van der Waals surface area contributed by atoms with Crippen LogP contribution >= 0.6 is 11.6 Å². The van der Waals surface area contributed by atoms with Gasteiger partial charge in [-0.3, -0.25) is 0 Å². The molecule has 3 heterocycles. The Labute approximate surface area is 222 Å². The molecule has 1 aromatic heterocycles. The zero-order valence-corrected chi connectivity index (χ0v) is 22.0. The summed E-state index contributed by atoms with van der Waals surface area (Å²) in [6.07, 6.45) is 6.63. The summed E-state index contributed by atoms with van der Waals surface area (Å²) in [7, 11) is 0. The number of ether oxygens (including phenoxy) is 1. The number of hydrogen-bond donors (Lipinski definition) is 2. The molecule has 1 aliphatic carbocycles. The molecule has 0 amide bonds. The maximum Gasteiger partial charge on any atom is 0.227 e. The number of halogens is 1. The van der Waals surface area contributed by atoms with Crippen LogP contribution in [0.2, 0.25) is 5.02 Å². The summed E-state index contributed by atoms with van der Waals surface area (Å²) >= 11 is 6.35. The number of piperidine rings is 1. The van der Waals surface area contributed by atoms with Crippen molar-refractivity contribution >= 4 is 28.9 Å². The highest BCUT2D eigenvalue weighted by molar-refractivity contribution is 6.31. The quantitative estimate of drug-likeness (QED) is 0.409. The van der Waals surface area contributed by atoms with Crippen molar-refractivity contribution in [2.45, 2.75) is 57.1 Å². The van der Waals surface area contributed by atoms with E-state index in [2.05, 4.69) is 46.5 Å². The molecule has 1 saturated carbocycles. The Morgan fingerprint density at radius 2 is 1.95 bits per heavy atom. The summed E-state index contributed by atoms with van der Waals surface area (Å²) in [5.74, 6) is 1.20. The highest BCUT2D eigenvalue weighted by Gasteiger charge is 2.33. The van der Waals surface area contributed by atoms with Crippen LogP contribution in [0, 0.1) is 11.3 Å². The lowest BCUT2D eigenvalue weighted by molar-refractivity contribution is 0.0971. The Bertz CT molecular complexity index is 1370. The number of nitriles is 1. The van der Waals surface area contributed by atoms with Gasteiger partial charge in [0.1, 0.15) is 17.9 Å². The van der Waals surface area contributed by atoms with Crippen molar-refractivity contribution in [2.24, 2.45) is 0 Å². The molecule has 0 bridgehead atoms. The van der Waals surface area contributed by atoms with Gasteiger partial charge in [-0.15, -0.1) is 0 Å². The molecular formula is C29H31ClN6O.